The quantitative estimate of drug-likeness (QED) is 0.283. The molecule has 0 aliphatic rings. The van der Waals surface area contributed by atoms with Gasteiger partial charge >= 0.3 is 70.2 Å². The van der Waals surface area contributed by atoms with E-state index in [1.807, 2.05) is 0 Å². The fraction of sp³-hybridized carbons (Fsp3) is 0. The van der Waals surface area contributed by atoms with Gasteiger partial charge in [0, 0.05) is 0 Å². The minimum Gasteiger partial charge on any atom is -0.819 e. The molecule has 0 spiro atoms. The van der Waals surface area contributed by atoms with Crippen LogP contribution in [0.1, 0.15) is 0 Å². The summed E-state index contributed by atoms with van der Waals surface area (Å²) in [5, 5.41) is 0. The third-order valence-electron chi connectivity index (χ3n) is 0.0563. The zero-order chi connectivity index (χ0) is 4.28. The minimum atomic E-state index is -2.83. The van der Waals surface area contributed by atoms with Crippen LogP contribution >= 0.6 is 20.5 Å². The molecule has 0 aliphatic heterocycles. The van der Waals surface area contributed by atoms with Gasteiger partial charge in [0.15, 0.2) is 0 Å². The van der Waals surface area contributed by atoms with Crippen LogP contribution in [0.4, 0.5) is 0 Å². The summed E-state index contributed by atoms with van der Waals surface area (Å²) < 4.78 is 3.18. The summed E-state index contributed by atoms with van der Waals surface area (Å²) >= 11 is 4.24. The van der Waals surface area contributed by atoms with Crippen LogP contribution in [0.5, 0.6) is 0 Å². The molecule has 7 heteroatoms. The van der Waals surface area contributed by atoms with Gasteiger partial charge in [0.05, 0.1) is 11.9 Å². The molecule has 0 atom stereocenters. The van der Waals surface area contributed by atoms with Gasteiger partial charge in [-0.2, -0.15) is 0 Å². The normalized spacial score (nSPS) is 6.86. The molecule has 3 nitrogen and oxygen atoms in total. The summed E-state index contributed by atoms with van der Waals surface area (Å²) in [4.78, 5) is 18.1. The third-order valence-corrected chi connectivity index (χ3v) is 0.507. The Labute approximate surface area is 103 Å². The SMILES string of the molecule is [K+].[Li+].[O-]P([O-])OCl. The standard InChI is InChI=1S/ClO3P.K.Li/c1-4-5(2)3;;/q-2;2*+1. The van der Waals surface area contributed by atoms with Crippen molar-refractivity contribution in [2.45, 2.75) is 0 Å². The molecule has 0 aromatic carbocycles. The molecule has 0 N–H and O–H groups in total. The Morgan fingerprint density at radius 2 is 1.57 bits per heavy atom. The smallest absolute Gasteiger partial charge is 0.819 e. The minimum absolute atomic E-state index is 0. The first kappa shape index (κ1) is 16.4. The first-order valence-electron chi connectivity index (χ1n) is 0.702. The van der Waals surface area contributed by atoms with E-state index < -0.39 is 8.60 Å². The molecule has 0 fully saturated rings. The first-order valence-corrected chi connectivity index (χ1v) is 2.11. The fourth-order valence-corrected chi connectivity index (χ4v) is 0. The van der Waals surface area contributed by atoms with Crippen molar-refractivity contribution < 1.29 is 84.1 Å². The molecular weight excluding hydrogens is 160 g/mol. The van der Waals surface area contributed by atoms with Crippen molar-refractivity contribution in [2.75, 3.05) is 0 Å². The van der Waals surface area contributed by atoms with E-state index in [4.69, 9.17) is 9.79 Å². The summed E-state index contributed by atoms with van der Waals surface area (Å²) in [7, 11) is -2.83. The summed E-state index contributed by atoms with van der Waals surface area (Å²) in [5.41, 5.74) is 0. The van der Waals surface area contributed by atoms with Crippen molar-refractivity contribution in [2.24, 2.45) is 0 Å². The number of rotatable bonds is 1. The molecule has 0 rings (SSSR count). The molecule has 32 valence electrons. The van der Waals surface area contributed by atoms with Crippen LogP contribution < -0.4 is 80.0 Å². The Bertz CT molecular complexity index is 28.9. The number of hydrogen-bond donors (Lipinski definition) is 0. The van der Waals surface area contributed by atoms with E-state index in [9.17, 15) is 0 Å². The van der Waals surface area contributed by atoms with Gasteiger partial charge in [-0.15, -0.1) is 8.60 Å². The number of hydrogen-bond acceptors (Lipinski definition) is 3. The molecule has 0 saturated carbocycles. The Kier molecular flexibility index (Phi) is 27.2. The van der Waals surface area contributed by atoms with Crippen LogP contribution in [0, 0.1) is 0 Å². The molecule has 0 aromatic rings. The van der Waals surface area contributed by atoms with E-state index in [-0.39, 0.29) is 70.2 Å². The van der Waals surface area contributed by atoms with Gasteiger partial charge in [-0.1, -0.05) is 0 Å². The van der Waals surface area contributed by atoms with E-state index >= 15 is 0 Å². The molecule has 0 unspecified atom stereocenters. The zero-order valence-electron chi connectivity index (χ0n) is 4.05. The Morgan fingerprint density at radius 1 is 1.43 bits per heavy atom. The van der Waals surface area contributed by atoms with E-state index in [0.29, 0.717) is 0 Å². The maximum absolute atomic E-state index is 9.05. The van der Waals surface area contributed by atoms with Crippen molar-refractivity contribution in [3.8, 4) is 0 Å². The molecule has 0 heterocycles. The second-order valence-corrected chi connectivity index (χ2v) is 1.29. The second-order valence-electron chi connectivity index (χ2n) is 0.293. The van der Waals surface area contributed by atoms with Crippen LogP contribution in [0.15, 0.2) is 0 Å². The van der Waals surface area contributed by atoms with Gasteiger partial charge in [-0.25, -0.2) is 0 Å². The first-order chi connectivity index (χ1) is 2.27. The molecule has 0 aromatic heterocycles. The largest absolute Gasteiger partial charge is 1.00 e. The summed E-state index contributed by atoms with van der Waals surface area (Å²) in [6.45, 7) is 0. The van der Waals surface area contributed by atoms with Crippen molar-refractivity contribution in [3.05, 3.63) is 0 Å². The van der Waals surface area contributed by atoms with Crippen molar-refractivity contribution in [3.63, 3.8) is 0 Å². The van der Waals surface area contributed by atoms with Crippen LogP contribution in [-0.2, 0) is 4.08 Å². The maximum Gasteiger partial charge on any atom is 1.00 e. The maximum atomic E-state index is 9.05. The van der Waals surface area contributed by atoms with Gasteiger partial charge in [-0.3, -0.25) is 4.08 Å². The average Bonchev–Trinajstić information content (AvgIpc) is 1.38. The van der Waals surface area contributed by atoms with E-state index in [0.717, 1.165) is 0 Å². The molecule has 0 bridgehead atoms. The monoisotopic (exact) mass is 160 g/mol. The molecule has 0 aliphatic carbocycles. The van der Waals surface area contributed by atoms with Crippen LogP contribution in [0.2, 0.25) is 0 Å². The van der Waals surface area contributed by atoms with Crippen molar-refractivity contribution >= 4 is 20.5 Å². The van der Waals surface area contributed by atoms with Crippen LogP contribution in [-0.4, -0.2) is 0 Å². The third kappa shape index (κ3) is 17.7. The Morgan fingerprint density at radius 3 is 1.57 bits per heavy atom. The van der Waals surface area contributed by atoms with Crippen molar-refractivity contribution in [1.82, 2.24) is 0 Å². The predicted molar refractivity (Wildman–Crippen MR) is 13.9 cm³/mol. The second kappa shape index (κ2) is 11.6. The van der Waals surface area contributed by atoms with E-state index in [1.54, 1.807) is 0 Å². The topological polar surface area (TPSA) is 55.3 Å². The zero-order valence-corrected chi connectivity index (χ0v) is 8.82. The molecule has 0 saturated heterocycles. The van der Waals surface area contributed by atoms with Gasteiger partial charge in [0.1, 0.15) is 0 Å². The van der Waals surface area contributed by atoms with Crippen LogP contribution in [0.3, 0.4) is 0 Å². The van der Waals surface area contributed by atoms with Gasteiger partial charge in [-0.05, 0) is 0 Å². The average molecular weight is 160 g/mol. The van der Waals surface area contributed by atoms with Gasteiger partial charge in [0.25, 0.3) is 0 Å². The number of halogens is 1. The van der Waals surface area contributed by atoms with Gasteiger partial charge < -0.3 is 9.79 Å². The van der Waals surface area contributed by atoms with E-state index in [2.05, 4.69) is 15.9 Å². The summed E-state index contributed by atoms with van der Waals surface area (Å²) in [6, 6.07) is 0. The fourth-order valence-electron chi connectivity index (χ4n) is 0. The van der Waals surface area contributed by atoms with Crippen molar-refractivity contribution in [1.29, 1.82) is 0 Å². The molecular formula is ClKLiO3P. The molecule has 7 heavy (non-hydrogen) atoms. The molecule has 0 radical (unpaired) electrons. The Hall–Kier alpha value is 2.83. The summed E-state index contributed by atoms with van der Waals surface area (Å²) in [6.07, 6.45) is 0. The molecule has 0 amide bonds. The van der Waals surface area contributed by atoms with Gasteiger partial charge in [0.2, 0.25) is 0 Å². The van der Waals surface area contributed by atoms with E-state index in [1.165, 1.54) is 0 Å². The Balaban J connectivity index is -0.0000000800. The van der Waals surface area contributed by atoms with Crippen LogP contribution in [0.25, 0.3) is 0 Å². The summed E-state index contributed by atoms with van der Waals surface area (Å²) in [5.74, 6) is 0. The predicted octanol–water partition coefficient (Wildman–Crippen LogP) is -6.89.